The molecule has 2 heterocycles. The van der Waals surface area contributed by atoms with Crippen molar-refractivity contribution in [2.24, 2.45) is 0 Å². The molecular weight excluding hydrogens is 252 g/mol. The van der Waals surface area contributed by atoms with Crippen LogP contribution in [0.3, 0.4) is 0 Å². The molecule has 0 saturated heterocycles. The Bertz CT molecular complexity index is 596. The molecule has 0 unspecified atom stereocenters. The van der Waals surface area contributed by atoms with E-state index in [-0.39, 0.29) is 0 Å². The van der Waals surface area contributed by atoms with Crippen molar-refractivity contribution in [3.63, 3.8) is 0 Å². The first-order valence-corrected chi connectivity index (χ1v) is 6.49. The molecule has 6 heteroatoms. The fourth-order valence-corrected chi connectivity index (χ4v) is 2.11. The first-order valence-electron chi connectivity index (χ1n) is 6.49. The van der Waals surface area contributed by atoms with Crippen LogP contribution in [-0.4, -0.2) is 19.1 Å². The van der Waals surface area contributed by atoms with Crippen molar-refractivity contribution in [3.05, 3.63) is 41.7 Å². The fraction of sp³-hybridized carbons (Fsp3) is 0.286. The van der Waals surface area contributed by atoms with E-state index >= 15 is 0 Å². The zero-order valence-electron chi connectivity index (χ0n) is 11.9. The van der Waals surface area contributed by atoms with Gasteiger partial charge >= 0.3 is 0 Å². The highest BCUT2D eigenvalue weighted by molar-refractivity contribution is 5.43. The number of aromatic nitrogens is 2. The van der Waals surface area contributed by atoms with Crippen LogP contribution in [0.2, 0.25) is 0 Å². The van der Waals surface area contributed by atoms with Gasteiger partial charge in [0.25, 0.3) is 5.82 Å². The minimum absolute atomic E-state index is 0.478. The maximum absolute atomic E-state index is 6.09. The summed E-state index contributed by atoms with van der Waals surface area (Å²) in [5, 5.41) is 6.26. The molecule has 0 amide bonds. The third kappa shape index (κ3) is 3.04. The first-order chi connectivity index (χ1) is 9.65. The van der Waals surface area contributed by atoms with Crippen LogP contribution in [0.4, 0.5) is 11.6 Å². The van der Waals surface area contributed by atoms with Crippen LogP contribution in [-0.2, 0) is 13.1 Å². The molecule has 0 aromatic carbocycles. The largest absolute Gasteiger partial charge is 0.384 e. The fourth-order valence-electron chi connectivity index (χ4n) is 2.11. The Labute approximate surface area is 118 Å². The number of hydrogen-bond acceptors (Lipinski definition) is 5. The van der Waals surface area contributed by atoms with Crippen molar-refractivity contribution in [1.82, 2.24) is 15.6 Å². The van der Waals surface area contributed by atoms with Crippen LogP contribution in [0.5, 0.6) is 0 Å². The molecular formula is C14H21N6+. The Morgan fingerprint density at radius 1 is 1.15 bits per heavy atom. The Morgan fingerprint density at radius 3 is 2.60 bits per heavy atom. The summed E-state index contributed by atoms with van der Waals surface area (Å²) in [6.45, 7) is 1.48. The van der Waals surface area contributed by atoms with E-state index in [0.717, 1.165) is 23.4 Å². The van der Waals surface area contributed by atoms with E-state index in [1.807, 2.05) is 43.1 Å². The molecule has 20 heavy (non-hydrogen) atoms. The smallest absolute Gasteiger partial charge is 0.277 e. The number of nitrogens with one attached hydrogen (secondary N) is 2. The van der Waals surface area contributed by atoms with Gasteiger partial charge < -0.3 is 16.4 Å². The highest BCUT2D eigenvalue weighted by Gasteiger charge is 2.14. The lowest BCUT2D eigenvalue weighted by atomic mass is 10.2. The van der Waals surface area contributed by atoms with Crippen molar-refractivity contribution in [1.29, 1.82) is 0 Å². The van der Waals surface area contributed by atoms with Crippen molar-refractivity contribution < 1.29 is 4.57 Å². The summed E-state index contributed by atoms with van der Waals surface area (Å²) < 4.78 is 1.94. The predicted octanol–water partition coefficient (Wildman–Crippen LogP) is -0.0385. The van der Waals surface area contributed by atoms with Gasteiger partial charge in [-0.05, 0) is 20.2 Å². The molecule has 0 aliphatic carbocycles. The lowest BCUT2D eigenvalue weighted by Gasteiger charge is -2.10. The number of nitrogen functional groups attached to an aromatic ring is 2. The predicted molar refractivity (Wildman–Crippen MR) is 80.1 cm³/mol. The molecule has 0 radical (unpaired) electrons. The van der Waals surface area contributed by atoms with Gasteiger partial charge in [-0.25, -0.2) is 4.98 Å². The second kappa shape index (κ2) is 6.31. The number of nitrogens with zero attached hydrogens (tertiary/aromatic N) is 2. The van der Waals surface area contributed by atoms with Gasteiger partial charge in [0.1, 0.15) is 17.7 Å². The van der Waals surface area contributed by atoms with Gasteiger partial charge in [-0.3, -0.25) is 5.73 Å². The van der Waals surface area contributed by atoms with E-state index in [0.29, 0.717) is 18.2 Å². The van der Waals surface area contributed by atoms with Gasteiger partial charge in [0.05, 0.1) is 0 Å². The van der Waals surface area contributed by atoms with Gasteiger partial charge in [-0.2, -0.15) is 4.57 Å². The highest BCUT2D eigenvalue weighted by atomic mass is 15.0. The molecule has 6 nitrogen and oxygen atoms in total. The van der Waals surface area contributed by atoms with Crippen molar-refractivity contribution in [2.75, 3.05) is 25.6 Å². The van der Waals surface area contributed by atoms with Crippen LogP contribution >= 0.6 is 0 Å². The summed E-state index contributed by atoms with van der Waals surface area (Å²) in [5.74, 6) is 1.14. The minimum Gasteiger partial charge on any atom is -0.384 e. The molecule has 0 bridgehead atoms. The number of hydrogen-bond donors (Lipinski definition) is 4. The molecule has 0 spiro atoms. The molecule has 6 N–H and O–H groups in total. The van der Waals surface area contributed by atoms with Gasteiger partial charge in [-0.15, -0.1) is 0 Å². The lowest BCUT2D eigenvalue weighted by molar-refractivity contribution is -0.581. The third-order valence-electron chi connectivity index (χ3n) is 3.03. The normalized spacial score (nSPS) is 10.7. The van der Waals surface area contributed by atoms with E-state index in [2.05, 4.69) is 15.6 Å². The summed E-state index contributed by atoms with van der Waals surface area (Å²) in [4.78, 5) is 4.14. The monoisotopic (exact) mass is 273 g/mol. The SMILES string of the molecule is CNCc1ccc(N)[n+](-c2cc(N)ncc2CNC)c1. The average Bonchev–Trinajstić information content (AvgIpc) is 2.43. The number of rotatable bonds is 5. The number of pyridine rings is 2. The van der Waals surface area contributed by atoms with E-state index in [4.69, 9.17) is 11.5 Å². The number of nitrogens with two attached hydrogens (primary N) is 2. The van der Waals surface area contributed by atoms with Crippen LogP contribution in [0.15, 0.2) is 30.6 Å². The van der Waals surface area contributed by atoms with Gasteiger partial charge in [0.15, 0.2) is 0 Å². The van der Waals surface area contributed by atoms with Crippen LogP contribution in [0, 0.1) is 0 Å². The maximum Gasteiger partial charge on any atom is 0.277 e. The van der Waals surface area contributed by atoms with Gasteiger partial charge in [0.2, 0.25) is 0 Å². The Kier molecular flexibility index (Phi) is 4.49. The topological polar surface area (TPSA) is 92.9 Å². The van der Waals surface area contributed by atoms with E-state index in [9.17, 15) is 0 Å². The van der Waals surface area contributed by atoms with Gasteiger partial charge in [0, 0.05) is 42.5 Å². The first kappa shape index (κ1) is 14.2. The molecule has 0 aliphatic heterocycles. The molecule has 0 aliphatic rings. The second-order valence-electron chi connectivity index (χ2n) is 4.63. The maximum atomic E-state index is 6.09. The zero-order chi connectivity index (χ0) is 14.5. The molecule has 2 rings (SSSR count). The molecule has 0 fully saturated rings. The molecule has 2 aromatic heterocycles. The van der Waals surface area contributed by atoms with Crippen LogP contribution < -0.4 is 26.7 Å². The highest BCUT2D eigenvalue weighted by Crippen LogP contribution is 2.13. The average molecular weight is 273 g/mol. The van der Waals surface area contributed by atoms with E-state index in [1.165, 1.54) is 0 Å². The summed E-state index contributed by atoms with van der Waals surface area (Å²) in [7, 11) is 3.81. The Hall–Kier alpha value is -2.18. The van der Waals surface area contributed by atoms with Crippen LogP contribution in [0.1, 0.15) is 11.1 Å². The lowest BCUT2D eigenvalue weighted by Crippen LogP contribution is -2.37. The Balaban J connectivity index is 2.54. The van der Waals surface area contributed by atoms with Crippen molar-refractivity contribution in [3.8, 4) is 5.69 Å². The standard InChI is InChI=1S/C14H20N6/c1-17-6-10-3-4-14(16)20(9-10)12-5-13(15)19-8-11(12)7-18-2/h3-5,8-9,16-18H,6-7H2,1-2H3,(H2,15,19)/p+1. The minimum atomic E-state index is 0.478. The van der Waals surface area contributed by atoms with E-state index < -0.39 is 0 Å². The summed E-state index contributed by atoms with van der Waals surface area (Å²) in [5.41, 5.74) is 15.0. The van der Waals surface area contributed by atoms with E-state index in [1.54, 1.807) is 6.20 Å². The van der Waals surface area contributed by atoms with Crippen LogP contribution in [0.25, 0.3) is 5.69 Å². The third-order valence-corrected chi connectivity index (χ3v) is 3.03. The van der Waals surface area contributed by atoms with Gasteiger partial charge in [-0.1, -0.05) is 0 Å². The number of anilines is 2. The molecule has 2 aromatic rings. The molecule has 0 atom stereocenters. The molecule has 0 saturated carbocycles. The van der Waals surface area contributed by atoms with Crippen molar-refractivity contribution >= 4 is 11.6 Å². The Morgan fingerprint density at radius 2 is 1.90 bits per heavy atom. The summed E-state index contributed by atoms with van der Waals surface area (Å²) >= 11 is 0. The summed E-state index contributed by atoms with van der Waals surface area (Å²) in [6, 6.07) is 5.74. The second-order valence-corrected chi connectivity index (χ2v) is 4.63. The molecule has 106 valence electrons. The van der Waals surface area contributed by atoms with Crippen molar-refractivity contribution in [2.45, 2.75) is 13.1 Å². The summed E-state index contributed by atoms with van der Waals surface area (Å²) in [6.07, 6.45) is 3.79. The quantitative estimate of drug-likeness (QED) is 0.574. The zero-order valence-corrected chi connectivity index (χ0v) is 11.9.